The Hall–Kier alpha value is -0.960. The largest absolute Gasteiger partial charge is 0.388 e. The molecule has 0 saturated carbocycles. The van der Waals surface area contributed by atoms with Gasteiger partial charge in [-0.3, -0.25) is 10.1 Å². The number of hydrogen-bond donors (Lipinski definition) is 1. The van der Waals surface area contributed by atoms with E-state index < -0.39 is 11.0 Å². The molecule has 2 aromatic rings. The van der Waals surface area contributed by atoms with Crippen LogP contribution in [-0.4, -0.2) is 15.0 Å². The number of nitro groups is 1. The molecule has 0 aliphatic heterocycles. The van der Waals surface area contributed by atoms with Crippen LogP contribution in [0.25, 0.3) is 0 Å². The zero-order valence-electron chi connectivity index (χ0n) is 9.74. The summed E-state index contributed by atoms with van der Waals surface area (Å²) in [6, 6.07) is 5.01. The fourth-order valence-electron chi connectivity index (χ4n) is 1.32. The first-order chi connectivity index (χ1) is 8.99. The van der Waals surface area contributed by atoms with Gasteiger partial charge in [-0.15, -0.1) is 11.3 Å². The van der Waals surface area contributed by atoms with Gasteiger partial charge in [0, 0.05) is 17.1 Å². The van der Waals surface area contributed by atoms with E-state index in [0.717, 1.165) is 4.47 Å². The van der Waals surface area contributed by atoms with E-state index in [0.29, 0.717) is 14.1 Å². The summed E-state index contributed by atoms with van der Waals surface area (Å²) in [6.07, 6.45) is 0.910. The zero-order chi connectivity index (χ0) is 14.0. The SMILES string of the molecule is CC(O)c1cc([N+](=O)[O-])c(Sc2ncccc2Br)s1. The van der Waals surface area contributed by atoms with Crippen LogP contribution < -0.4 is 0 Å². The minimum Gasteiger partial charge on any atom is -0.388 e. The first kappa shape index (κ1) is 14.4. The second-order valence-corrected chi connectivity index (χ2v) is 6.84. The summed E-state index contributed by atoms with van der Waals surface area (Å²) in [6.45, 7) is 1.58. The summed E-state index contributed by atoms with van der Waals surface area (Å²) in [5, 5.41) is 21.2. The normalized spacial score (nSPS) is 12.4. The Kier molecular flexibility index (Phi) is 4.56. The van der Waals surface area contributed by atoms with Crippen molar-refractivity contribution in [2.75, 3.05) is 0 Å². The lowest BCUT2D eigenvalue weighted by molar-refractivity contribution is -0.387. The number of nitrogens with zero attached hydrogens (tertiary/aromatic N) is 2. The number of halogens is 1. The molecule has 0 amide bonds. The molecular formula is C11H9BrN2O3S2. The van der Waals surface area contributed by atoms with Crippen LogP contribution in [0.4, 0.5) is 5.69 Å². The fraction of sp³-hybridized carbons (Fsp3) is 0.182. The monoisotopic (exact) mass is 360 g/mol. The zero-order valence-corrected chi connectivity index (χ0v) is 13.0. The van der Waals surface area contributed by atoms with Gasteiger partial charge in [0.2, 0.25) is 0 Å². The van der Waals surface area contributed by atoms with E-state index in [2.05, 4.69) is 20.9 Å². The molecular weight excluding hydrogens is 352 g/mol. The number of thiophene rings is 1. The van der Waals surface area contributed by atoms with Crippen molar-refractivity contribution in [1.29, 1.82) is 0 Å². The quantitative estimate of drug-likeness (QED) is 0.658. The van der Waals surface area contributed by atoms with Gasteiger partial charge in [0.15, 0.2) is 0 Å². The standard InChI is InChI=1S/C11H9BrN2O3S2/c1-6(15)9-5-8(14(16)17)11(18-9)19-10-7(12)3-2-4-13-10/h2-6,15H,1H3. The Morgan fingerprint density at radius 1 is 1.63 bits per heavy atom. The molecule has 2 aromatic heterocycles. The molecule has 0 spiro atoms. The highest BCUT2D eigenvalue weighted by Gasteiger charge is 2.22. The van der Waals surface area contributed by atoms with Crippen LogP contribution in [0.1, 0.15) is 17.9 Å². The molecule has 8 heteroatoms. The molecule has 0 bridgehead atoms. The highest BCUT2D eigenvalue weighted by Crippen LogP contribution is 2.43. The molecule has 1 atom stereocenters. The van der Waals surface area contributed by atoms with Gasteiger partial charge in [-0.25, -0.2) is 4.98 Å². The van der Waals surface area contributed by atoms with Crippen LogP contribution in [-0.2, 0) is 0 Å². The first-order valence-corrected chi connectivity index (χ1v) is 7.66. The molecule has 0 aliphatic carbocycles. The Morgan fingerprint density at radius 2 is 2.37 bits per heavy atom. The van der Waals surface area contributed by atoms with Gasteiger partial charge in [-0.2, -0.15) is 0 Å². The lowest BCUT2D eigenvalue weighted by atomic mass is 10.3. The predicted molar refractivity (Wildman–Crippen MR) is 77.7 cm³/mol. The lowest BCUT2D eigenvalue weighted by Crippen LogP contribution is -1.88. The minimum absolute atomic E-state index is 0.00320. The number of aliphatic hydroxyl groups is 1. The predicted octanol–water partition coefficient (Wildman–Crippen LogP) is 4.02. The van der Waals surface area contributed by atoms with Crippen molar-refractivity contribution in [3.63, 3.8) is 0 Å². The molecule has 5 nitrogen and oxygen atoms in total. The summed E-state index contributed by atoms with van der Waals surface area (Å²) < 4.78 is 1.29. The van der Waals surface area contributed by atoms with Gasteiger partial charge in [-0.05, 0) is 35.0 Å². The second kappa shape index (κ2) is 6.00. The summed E-state index contributed by atoms with van der Waals surface area (Å²) in [7, 11) is 0. The van der Waals surface area contributed by atoms with Gasteiger partial charge in [0.25, 0.3) is 5.69 Å². The van der Waals surface area contributed by atoms with E-state index in [1.165, 1.54) is 29.2 Å². The molecule has 2 heterocycles. The van der Waals surface area contributed by atoms with Crippen molar-refractivity contribution >= 4 is 44.7 Å². The Balaban J connectivity index is 2.39. The maximum absolute atomic E-state index is 11.0. The third kappa shape index (κ3) is 3.33. The molecule has 0 aliphatic rings. The van der Waals surface area contributed by atoms with E-state index in [9.17, 15) is 15.2 Å². The number of aliphatic hydroxyl groups excluding tert-OH is 1. The van der Waals surface area contributed by atoms with E-state index in [-0.39, 0.29) is 5.69 Å². The van der Waals surface area contributed by atoms with Gasteiger partial charge >= 0.3 is 0 Å². The van der Waals surface area contributed by atoms with Crippen molar-refractivity contribution in [3.05, 3.63) is 43.9 Å². The number of pyridine rings is 1. The van der Waals surface area contributed by atoms with E-state index in [1.807, 2.05) is 6.07 Å². The molecule has 2 rings (SSSR count). The number of hydrogen-bond acceptors (Lipinski definition) is 6. The van der Waals surface area contributed by atoms with Gasteiger partial charge in [0.1, 0.15) is 9.24 Å². The van der Waals surface area contributed by atoms with Crippen molar-refractivity contribution in [1.82, 2.24) is 4.98 Å². The van der Waals surface area contributed by atoms with Crippen LogP contribution >= 0.6 is 39.0 Å². The van der Waals surface area contributed by atoms with E-state index >= 15 is 0 Å². The number of rotatable bonds is 4. The second-order valence-electron chi connectivity index (χ2n) is 3.65. The van der Waals surface area contributed by atoms with Crippen LogP contribution in [0.5, 0.6) is 0 Å². The Labute approximate surface area is 126 Å². The van der Waals surface area contributed by atoms with Crippen LogP contribution in [0, 0.1) is 10.1 Å². The summed E-state index contributed by atoms with van der Waals surface area (Å²) in [5.41, 5.74) is 0.00320. The summed E-state index contributed by atoms with van der Waals surface area (Å²) >= 11 is 5.78. The molecule has 0 saturated heterocycles. The highest BCUT2D eigenvalue weighted by molar-refractivity contribution is 9.10. The molecule has 0 aromatic carbocycles. The van der Waals surface area contributed by atoms with Gasteiger partial charge in [0.05, 0.1) is 15.5 Å². The molecule has 100 valence electrons. The van der Waals surface area contributed by atoms with Crippen molar-refractivity contribution in [3.8, 4) is 0 Å². The van der Waals surface area contributed by atoms with Gasteiger partial charge in [-0.1, -0.05) is 11.8 Å². The minimum atomic E-state index is -0.717. The van der Waals surface area contributed by atoms with Crippen molar-refractivity contribution in [2.24, 2.45) is 0 Å². The topological polar surface area (TPSA) is 76.3 Å². The molecule has 1 N–H and O–H groups in total. The third-order valence-corrected chi connectivity index (χ3v) is 5.63. The van der Waals surface area contributed by atoms with Crippen LogP contribution in [0.3, 0.4) is 0 Å². The lowest BCUT2D eigenvalue weighted by Gasteiger charge is -2.00. The van der Waals surface area contributed by atoms with Gasteiger partial charge < -0.3 is 5.11 Å². The van der Waals surface area contributed by atoms with Crippen molar-refractivity contribution < 1.29 is 10.0 Å². The summed E-state index contributed by atoms with van der Waals surface area (Å²) in [5.74, 6) is 0. The van der Waals surface area contributed by atoms with Crippen molar-refractivity contribution in [2.45, 2.75) is 22.3 Å². The highest BCUT2D eigenvalue weighted by atomic mass is 79.9. The van der Waals surface area contributed by atoms with Crippen LogP contribution in [0.2, 0.25) is 0 Å². The maximum Gasteiger partial charge on any atom is 0.294 e. The number of aromatic nitrogens is 1. The van der Waals surface area contributed by atoms with E-state index in [1.54, 1.807) is 19.2 Å². The summed E-state index contributed by atoms with van der Waals surface area (Å²) in [4.78, 5) is 15.3. The molecule has 0 radical (unpaired) electrons. The first-order valence-electron chi connectivity index (χ1n) is 5.23. The average molecular weight is 361 g/mol. The smallest absolute Gasteiger partial charge is 0.294 e. The van der Waals surface area contributed by atoms with Crippen LogP contribution in [0.15, 0.2) is 38.1 Å². The molecule has 19 heavy (non-hydrogen) atoms. The Morgan fingerprint density at radius 3 is 2.95 bits per heavy atom. The third-order valence-electron chi connectivity index (χ3n) is 2.22. The maximum atomic E-state index is 11.0. The fourth-order valence-corrected chi connectivity index (χ4v) is 4.00. The van der Waals surface area contributed by atoms with E-state index in [4.69, 9.17) is 0 Å². The average Bonchev–Trinajstić information content (AvgIpc) is 2.76. The molecule has 0 fully saturated rings. The molecule has 1 unspecified atom stereocenters. The Bertz CT molecular complexity index is 616.